The third-order valence-corrected chi connectivity index (χ3v) is 4.22. The van der Waals surface area contributed by atoms with Gasteiger partial charge in [-0.3, -0.25) is 4.98 Å². The molecule has 0 radical (unpaired) electrons. The van der Waals surface area contributed by atoms with Gasteiger partial charge in [0.05, 0.1) is 26.0 Å². The molecule has 2 rings (SSSR count). The van der Waals surface area contributed by atoms with Crippen LogP contribution in [0.3, 0.4) is 0 Å². The van der Waals surface area contributed by atoms with Crippen LogP contribution in [0.25, 0.3) is 0 Å². The number of aromatic nitrogens is 1. The lowest BCUT2D eigenvalue weighted by molar-refractivity contribution is 0.394. The Hall–Kier alpha value is -1.11. The van der Waals surface area contributed by atoms with E-state index in [4.69, 9.17) is 9.47 Å². The number of hydrogen-bond acceptors (Lipinski definition) is 4. The zero-order valence-electron chi connectivity index (χ0n) is 12.0. The monoisotopic (exact) mass is 414 g/mol. The van der Waals surface area contributed by atoms with Gasteiger partial charge in [-0.25, -0.2) is 0 Å². The molecule has 1 aromatic carbocycles. The van der Waals surface area contributed by atoms with Gasteiger partial charge in [0.25, 0.3) is 0 Å². The van der Waals surface area contributed by atoms with Crippen LogP contribution in [-0.4, -0.2) is 26.3 Å². The highest BCUT2D eigenvalue weighted by atomic mass is 79.9. The van der Waals surface area contributed by atoms with Crippen molar-refractivity contribution in [1.82, 2.24) is 10.3 Å². The second-order valence-corrected chi connectivity index (χ2v) is 6.12. The van der Waals surface area contributed by atoms with Gasteiger partial charge in [-0.15, -0.1) is 0 Å². The van der Waals surface area contributed by atoms with Crippen LogP contribution in [0.15, 0.2) is 39.4 Å². The largest absolute Gasteiger partial charge is 0.497 e. The van der Waals surface area contributed by atoms with Gasteiger partial charge in [0, 0.05) is 20.7 Å². The Morgan fingerprint density at radius 2 is 1.90 bits per heavy atom. The van der Waals surface area contributed by atoms with Gasteiger partial charge in [0.2, 0.25) is 0 Å². The first-order valence-electron chi connectivity index (χ1n) is 6.30. The summed E-state index contributed by atoms with van der Waals surface area (Å²) in [5, 5.41) is 3.28. The van der Waals surface area contributed by atoms with Gasteiger partial charge < -0.3 is 14.8 Å². The van der Waals surface area contributed by atoms with Crippen LogP contribution in [0.4, 0.5) is 0 Å². The molecule has 2 aromatic rings. The van der Waals surface area contributed by atoms with E-state index in [9.17, 15) is 0 Å². The molecule has 1 aromatic heterocycles. The van der Waals surface area contributed by atoms with E-state index in [1.54, 1.807) is 20.4 Å². The van der Waals surface area contributed by atoms with E-state index in [0.717, 1.165) is 31.7 Å². The van der Waals surface area contributed by atoms with Crippen LogP contribution in [0, 0.1) is 0 Å². The Morgan fingerprint density at radius 1 is 1.14 bits per heavy atom. The van der Waals surface area contributed by atoms with Crippen LogP contribution in [-0.2, 0) is 0 Å². The van der Waals surface area contributed by atoms with Gasteiger partial charge in [-0.05, 0) is 63.2 Å². The van der Waals surface area contributed by atoms with E-state index < -0.39 is 0 Å². The molecule has 0 aliphatic heterocycles. The van der Waals surface area contributed by atoms with Crippen LogP contribution >= 0.6 is 31.9 Å². The molecular weight excluding hydrogens is 400 g/mol. The Bertz CT molecular complexity index is 635. The smallest absolute Gasteiger partial charge is 0.124 e. The molecule has 0 aliphatic carbocycles. The third-order valence-electron chi connectivity index (χ3n) is 3.15. The van der Waals surface area contributed by atoms with Crippen LogP contribution in [0.5, 0.6) is 11.5 Å². The van der Waals surface area contributed by atoms with Gasteiger partial charge in [-0.2, -0.15) is 0 Å². The third kappa shape index (κ3) is 3.56. The molecular formula is C15H16Br2N2O2. The second kappa shape index (κ2) is 7.24. The summed E-state index contributed by atoms with van der Waals surface area (Å²) in [6.07, 6.45) is 1.77. The minimum atomic E-state index is -0.113. The molecule has 1 heterocycles. The van der Waals surface area contributed by atoms with E-state index in [-0.39, 0.29) is 6.04 Å². The van der Waals surface area contributed by atoms with Crippen molar-refractivity contribution in [3.05, 3.63) is 50.7 Å². The quantitative estimate of drug-likeness (QED) is 0.803. The molecule has 0 spiro atoms. The fourth-order valence-corrected chi connectivity index (χ4v) is 3.36. The first-order valence-corrected chi connectivity index (χ1v) is 7.89. The average Bonchev–Trinajstić information content (AvgIpc) is 2.49. The fraction of sp³-hybridized carbons (Fsp3) is 0.267. The first-order chi connectivity index (χ1) is 10.1. The number of nitrogens with zero attached hydrogens (tertiary/aromatic N) is 1. The SMILES string of the molecule is CNC(c1cc(OC)ccc1OC)c1ncc(Br)cc1Br. The highest BCUT2D eigenvalue weighted by molar-refractivity contribution is 9.11. The topological polar surface area (TPSA) is 43.4 Å². The molecule has 6 heteroatoms. The molecule has 21 heavy (non-hydrogen) atoms. The number of pyridine rings is 1. The second-order valence-electron chi connectivity index (χ2n) is 4.35. The van der Waals surface area contributed by atoms with Crippen LogP contribution < -0.4 is 14.8 Å². The summed E-state index contributed by atoms with van der Waals surface area (Å²) in [6.45, 7) is 0. The van der Waals surface area contributed by atoms with Crippen molar-refractivity contribution in [2.24, 2.45) is 0 Å². The predicted octanol–water partition coefficient (Wildman–Crippen LogP) is 3.93. The lowest BCUT2D eigenvalue weighted by atomic mass is 10.0. The average molecular weight is 416 g/mol. The Balaban J connectivity index is 2.54. The first kappa shape index (κ1) is 16.3. The summed E-state index contributed by atoms with van der Waals surface area (Å²) in [6, 6.07) is 7.58. The zero-order chi connectivity index (χ0) is 15.4. The van der Waals surface area contributed by atoms with Gasteiger partial charge >= 0.3 is 0 Å². The minimum absolute atomic E-state index is 0.113. The Morgan fingerprint density at radius 3 is 2.48 bits per heavy atom. The van der Waals surface area contributed by atoms with E-state index in [0.29, 0.717) is 0 Å². The number of benzene rings is 1. The summed E-state index contributed by atoms with van der Waals surface area (Å²) in [5.74, 6) is 1.56. The highest BCUT2D eigenvalue weighted by Gasteiger charge is 2.21. The normalized spacial score (nSPS) is 12.0. The molecule has 1 atom stereocenters. The van der Waals surface area contributed by atoms with Gasteiger partial charge in [-0.1, -0.05) is 0 Å². The van der Waals surface area contributed by atoms with Crippen molar-refractivity contribution < 1.29 is 9.47 Å². The van der Waals surface area contributed by atoms with Crippen LogP contribution in [0.2, 0.25) is 0 Å². The van der Waals surface area contributed by atoms with Crippen molar-refractivity contribution in [3.63, 3.8) is 0 Å². The number of hydrogen-bond donors (Lipinski definition) is 1. The van der Waals surface area contributed by atoms with Crippen molar-refractivity contribution >= 4 is 31.9 Å². The lowest BCUT2D eigenvalue weighted by Crippen LogP contribution is -2.20. The molecule has 1 N–H and O–H groups in total. The summed E-state index contributed by atoms with van der Waals surface area (Å²) in [5.41, 5.74) is 1.85. The number of rotatable bonds is 5. The summed E-state index contributed by atoms with van der Waals surface area (Å²) in [7, 11) is 5.19. The summed E-state index contributed by atoms with van der Waals surface area (Å²) >= 11 is 6.98. The van der Waals surface area contributed by atoms with Crippen molar-refractivity contribution in [2.45, 2.75) is 6.04 Å². The Labute approximate surface area is 141 Å². The maximum atomic E-state index is 5.46. The van der Waals surface area contributed by atoms with E-state index >= 15 is 0 Å². The van der Waals surface area contributed by atoms with E-state index in [1.807, 2.05) is 31.3 Å². The molecule has 112 valence electrons. The van der Waals surface area contributed by atoms with Gasteiger partial charge in [0.15, 0.2) is 0 Å². The molecule has 0 saturated carbocycles. The van der Waals surface area contributed by atoms with Crippen molar-refractivity contribution in [2.75, 3.05) is 21.3 Å². The van der Waals surface area contributed by atoms with Crippen molar-refractivity contribution in [1.29, 1.82) is 0 Å². The minimum Gasteiger partial charge on any atom is -0.497 e. The predicted molar refractivity (Wildman–Crippen MR) is 90.1 cm³/mol. The number of ether oxygens (including phenoxy) is 2. The molecule has 0 bridgehead atoms. The van der Waals surface area contributed by atoms with E-state index in [1.165, 1.54) is 0 Å². The molecule has 0 saturated heterocycles. The van der Waals surface area contributed by atoms with Crippen molar-refractivity contribution in [3.8, 4) is 11.5 Å². The standard InChI is InChI=1S/C15H16Br2N2O2/c1-18-14(15-12(17)6-9(16)8-19-15)11-7-10(20-2)4-5-13(11)21-3/h4-8,14,18H,1-3H3. The number of halogens is 2. The summed E-state index contributed by atoms with van der Waals surface area (Å²) in [4.78, 5) is 4.50. The summed E-state index contributed by atoms with van der Waals surface area (Å²) < 4.78 is 12.6. The van der Waals surface area contributed by atoms with Gasteiger partial charge in [0.1, 0.15) is 11.5 Å². The zero-order valence-corrected chi connectivity index (χ0v) is 15.2. The fourth-order valence-electron chi connectivity index (χ4n) is 2.14. The number of methoxy groups -OCH3 is 2. The maximum absolute atomic E-state index is 5.46. The number of nitrogens with one attached hydrogen (secondary N) is 1. The molecule has 1 unspecified atom stereocenters. The molecule has 4 nitrogen and oxygen atoms in total. The molecule has 0 aliphatic rings. The van der Waals surface area contributed by atoms with E-state index in [2.05, 4.69) is 42.2 Å². The van der Waals surface area contributed by atoms with Crippen LogP contribution in [0.1, 0.15) is 17.3 Å². The lowest BCUT2D eigenvalue weighted by Gasteiger charge is -2.21. The molecule has 0 fully saturated rings. The Kier molecular flexibility index (Phi) is 5.61. The highest BCUT2D eigenvalue weighted by Crippen LogP contribution is 2.35. The maximum Gasteiger partial charge on any atom is 0.124 e. The molecule has 0 amide bonds.